The summed E-state index contributed by atoms with van der Waals surface area (Å²) in [5.41, 5.74) is 2.38. The van der Waals surface area contributed by atoms with Crippen LogP contribution in [-0.2, 0) is 16.0 Å². The van der Waals surface area contributed by atoms with E-state index in [9.17, 15) is 14.7 Å². The molecular weight excluding hydrogens is 270 g/mol. The van der Waals surface area contributed by atoms with Crippen LogP contribution < -0.4 is 4.90 Å². The predicted octanol–water partition coefficient (Wildman–Crippen LogP) is 2.43. The minimum atomic E-state index is -0.896. The molecule has 1 aromatic heterocycles. The van der Waals surface area contributed by atoms with Crippen molar-refractivity contribution in [3.63, 3.8) is 0 Å². The number of hydrogen-bond donors (Lipinski definition) is 1. The number of hydrogen-bond acceptors (Lipinski definition) is 3. The van der Waals surface area contributed by atoms with E-state index in [1.807, 2.05) is 12.1 Å². The van der Waals surface area contributed by atoms with Crippen molar-refractivity contribution in [2.45, 2.75) is 18.8 Å². The number of aliphatic carboxylic acids is 1. The Hall–Kier alpha value is -2.56. The van der Waals surface area contributed by atoms with Gasteiger partial charge in [0.25, 0.3) is 0 Å². The largest absolute Gasteiger partial charge is 0.481 e. The number of carboxylic acid groups (broad SMARTS) is 1. The lowest BCUT2D eigenvalue weighted by Gasteiger charge is -2.17. The van der Waals surface area contributed by atoms with Crippen molar-refractivity contribution in [2.75, 3.05) is 11.4 Å². The molecule has 1 aliphatic heterocycles. The maximum atomic E-state index is 12.4. The standard InChI is InChI=1S/C16H15NO4/c18-15(6-5-11-7-8-21-10-11)17-9-13(16(19)20)12-3-1-2-4-14(12)17/h1-4,7-8,10,13H,5-6,9H2,(H,19,20)/t13-/m0/s1. The number of aryl methyl sites for hydroxylation is 1. The Morgan fingerprint density at radius 2 is 2.10 bits per heavy atom. The minimum absolute atomic E-state index is 0.0626. The Kier molecular flexibility index (Phi) is 3.48. The van der Waals surface area contributed by atoms with Crippen molar-refractivity contribution in [3.05, 3.63) is 54.0 Å². The summed E-state index contributed by atoms with van der Waals surface area (Å²) in [6.45, 7) is 0.207. The number of carboxylic acids is 1. The molecule has 1 aliphatic rings. The number of carbonyl (C=O) groups excluding carboxylic acids is 1. The number of amides is 1. The number of benzene rings is 1. The van der Waals surface area contributed by atoms with Crippen LogP contribution >= 0.6 is 0 Å². The molecule has 0 spiro atoms. The van der Waals surface area contributed by atoms with Gasteiger partial charge in [-0.15, -0.1) is 0 Å². The van der Waals surface area contributed by atoms with Gasteiger partial charge in [0.05, 0.1) is 12.5 Å². The fraction of sp³-hybridized carbons (Fsp3) is 0.250. The first-order chi connectivity index (χ1) is 10.2. The van der Waals surface area contributed by atoms with Crippen molar-refractivity contribution in [3.8, 4) is 0 Å². The normalized spacial score (nSPS) is 16.8. The zero-order chi connectivity index (χ0) is 14.8. The van der Waals surface area contributed by atoms with E-state index < -0.39 is 11.9 Å². The second-order valence-electron chi connectivity index (χ2n) is 5.09. The van der Waals surface area contributed by atoms with Gasteiger partial charge in [0.2, 0.25) is 5.91 Å². The first-order valence-electron chi connectivity index (χ1n) is 6.80. The number of nitrogens with zero attached hydrogens (tertiary/aromatic N) is 1. The monoisotopic (exact) mass is 285 g/mol. The molecule has 1 amide bonds. The lowest BCUT2D eigenvalue weighted by molar-refractivity contribution is -0.138. The average molecular weight is 285 g/mol. The van der Waals surface area contributed by atoms with Crippen molar-refractivity contribution in [1.29, 1.82) is 0 Å². The molecule has 2 aromatic rings. The first-order valence-corrected chi connectivity index (χ1v) is 6.80. The van der Waals surface area contributed by atoms with Crippen molar-refractivity contribution in [1.82, 2.24) is 0 Å². The summed E-state index contributed by atoms with van der Waals surface area (Å²) >= 11 is 0. The van der Waals surface area contributed by atoms with Crippen LogP contribution in [0.15, 0.2) is 47.3 Å². The molecule has 0 fully saturated rings. The predicted molar refractivity (Wildman–Crippen MR) is 76.2 cm³/mol. The maximum absolute atomic E-state index is 12.4. The van der Waals surface area contributed by atoms with Crippen molar-refractivity contribution >= 4 is 17.6 Å². The second kappa shape index (κ2) is 5.44. The maximum Gasteiger partial charge on any atom is 0.312 e. The molecule has 0 saturated heterocycles. The molecule has 1 N–H and O–H groups in total. The van der Waals surface area contributed by atoms with Crippen molar-refractivity contribution in [2.24, 2.45) is 0 Å². The second-order valence-corrected chi connectivity index (χ2v) is 5.09. The number of para-hydroxylation sites is 1. The highest BCUT2D eigenvalue weighted by molar-refractivity contribution is 5.99. The van der Waals surface area contributed by atoms with Crippen LogP contribution in [0.4, 0.5) is 5.69 Å². The molecule has 2 heterocycles. The molecule has 5 heteroatoms. The minimum Gasteiger partial charge on any atom is -0.481 e. The average Bonchev–Trinajstić information content (AvgIpc) is 3.12. The third-order valence-electron chi connectivity index (χ3n) is 3.77. The van der Waals surface area contributed by atoms with Crippen LogP contribution in [0.5, 0.6) is 0 Å². The van der Waals surface area contributed by atoms with E-state index in [0.717, 1.165) is 5.56 Å². The molecule has 1 aromatic carbocycles. The summed E-state index contributed by atoms with van der Waals surface area (Å²) in [5.74, 6) is -1.60. The molecule has 0 unspecified atom stereocenters. The highest BCUT2D eigenvalue weighted by Gasteiger charge is 2.35. The number of anilines is 1. The summed E-state index contributed by atoms with van der Waals surface area (Å²) in [4.78, 5) is 25.3. The van der Waals surface area contributed by atoms with E-state index in [-0.39, 0.29) is 12.5 Å². The van der Waals surface area contributed by atoms with Crippen molar-refractivity contribution < 1.29 is 19.1 Å². The summed E-state index contributed by atoms with van der Waals surface area (Å²) in [6.07, 6.45) is 4.11. The van der Waals surface area contributed by atoms with E-state index in [1.54, 1.807) is 35.6 Å². The van der Waals surface area contributed by atoms with Gasteiger partial charge in [-0.3, -0.25) is 9.59 Å². The summed E-state index contributed by atoms with van der Waals surface area (Å²) < 4.78 is 4.97. The van der Waals surface area contributed by atoms with E-state index in [2.05, 4.69) is 0 Å². The fourth-order valence-electron chi connectivity index (χ4n) is 2.68. The number of fused-ring (bicyclic) bond motifs is 1. The molecule has 5 nitrogen and oxygen atoms in total. The molecule has 0 aliphatic carbocycles. The van der Waals surface area contributed by atoms with Gasteiger partial charge < -0.3 is 14.4 Å². The topological polar surface area (TPSA) is 70.8 Å². The molecular formula is C16H15NO4. The Balaban J connectivity index is 1.76. The molecule has 0 saturated carbocycles. The van der Waals surface area contributed by atoms with Gasteiger partial charge in [0.15, 0.2) is 0 Å². The highest BCUT2D eigenvalue weighted by atomic mass is 16.4. The van der Waals surface area contributed by atoms with Crippen LogP contribution in [0.25, 0.3) is 0 Å². The van der Waals surface area contributed by atoms with Gasteiger partial charge in [0, 0.05) is 18.7 Å². The Morgan fingerprint density at radius 1 is 1.29 bits per heavy atom. The lowest BCUT2D eigenvalue weighted by Crippen LogP contribution is -2.31. The van der Waals surface area contributed by atoms with Gasteiger partial charge in [0.1, 0.15) is 5.92 Å². The van der Waals surface area contributed by atoms with Crippen LogP contribution in [0.3, 0.4) is 0 Å². The summed E-state index contributed by atoms with van der Waals surface area (Å²) in [7, 11) is 0. The zero-order valence-electron chi connectivity index (χ0n) is 11.4. The quantitative estimate of drug-likeness (QED) is 0.936. The molecule has 0 radical (unpaired) electrons. The Morgan fingerprint density at radius 3 is 2.81 bits per heavy atom. The van der Waals surface area contributed by atoms with E-state index >= 15 is 0 Å². The summed E-state index contributed by atoms with van der Waals surface area (Å²) in [6, 6.07) is 9.02. The summed E-state index contributed by atoms with van der Waals surface area (Å²) in [5, 5.41) is 9.29. The number of furan rings is 1. The SMILES string of the molecule is O=C(O)[C@H]1CN(C(=O)CCc2ccoc2)c2ccccc21. The molecule has 3 rings (SSSR count). The zero-order valence-corrected chi connectivity index (χ0v) is 11.4. The highest BCUT2D eigenvalue weighted by Crippen LogP contribution is 2.36. The van der Waals surface area contributed by atoms with Gasteiger partial charge in [-0.1, -0.05) is 18.2 Å². The fourth-order valence-corrected chi connectivity index (χ4v) is 2.68. The lowest BCUT2D eigenvalue weighted by atomic mass is 10.0. The van der Waals surface area contributed by atoms with Crippen LogP contribution in [0.1, 0.15) is 23.5 Å². The van der Waals surface area contributed by atoms with E-state index in [1.165, 1.54) is 0 Å². The van der Waals surface area contributed by atoms with Gasteiger partial charge in [-0.05, 0) is 29.7 Å². The molecule has 108 valence electrons. The van der Waals surface area contributed by atoms with Gasteiger partial charge >= 0.3 is 5.97 Å². The Labute approximate surface area is 121 Å². The van der Waals surface area contributed by atoms with E-state index in [4.69, 9.17) is 4.42 Å². The number of rotatable bonds is 4. The van der Waals surface area contributed by atoms with Crippen LogP contribution in [0, 0.1) is 0 Å². The molecule has 21 heavy (non-hydrogen) atoms. The van der Waals surface area contributed by atoms with E-state index in [0.29, 0.717) is 24.1 Å². The first kappa shape index (κ1) is 13.4. The third-order valence-corrected chi connectivity index (χ3v) is 3.77. The Bertz CT molecular complexity index is 663. The van der Waals surface area contributed by atoms with Crippen LogP contribution in [-0.4, -0.2) is 23.5 Å². The molecule has 0 bridgehead atoms. The van der Waals surface area contributed by atoms with Gasteiger partial charge in [-0.2, -0.15) is 0 Å². The van der Waals surface area contributed by atoms with Crippen LogP contribution in [0.2, 0.25) is 0 Å². The third kappa shape index (κ3) is 2.54. The number of carbonyl (C=O) groups is 2. The smallest absolute Gasteiger partial charge is 0.312 e. The van der Waals surface area contributed by atoms with Gasteiger partial charge in [-0.25, -0.2) is 0 Å². The molecule has 1 atom stereocenters.